The molecule has 0 amide bonds. The fourth-order valence-corrected chi connectivity index (χ4v) is 2.02. The third kappa shape index (κ3) is 1.40. The number of carbonyl (C=O) groups is 1. The first-order chi connectivity index (χ1) is 7.42. The van der Waals surface area contributed by atoms with Gasteiger partial charge in [0.2, 0.25) is 0 Å². The standard InChI is InChI=1S/C11H9ClF2O2/c12-8-4-2-1-3-7(8)11(13,14)10(5-6-10)9(15)16/h1-4H,5-6H2,(H,15,16). The van der Waals surface area contributed by atoms with Crippen molar-refractivity contribution in [2.75, 3.05) is 0 Å². The predicted octanol–water partition coefficient (Wildman–Crippen LogP) is 3.30. The van der Waals surface area contributed by atoms with Gasteiger partial charge in [0.05, 0.1) is 0 Å². The van der Waals surface area contributed by atoms with Gasteiger partial charge in [-0.3, -0.25) is 4.79 Å². The van der Waals surface area contributed by atoms with E-state index in [-0.39, 0.29) is 17.9 Å². The molecule has 0 spiro atoms. The van der Waals surface area contributed by atoms with Gasteiger partial charge in [-0.15, -0.1) is 0 Å². The van der Waals surface area contributed by atoms with E-state index in [1.54, 1.807) is 0 Å². The molecule has 5 heteroatoms. The van der Waals surface area contributed by atoms with E-state index in [4.69, 9.17) is 16.7 Å². The molecule has 1 aromatic rings. The highest BCUT2D eigenvalue weighted by molar-refractivity contribution is 6.31. The van der Waals surface area contributed by atoms with E-state index >= 15 is 0 Å². The summed E-state index contributed by atoms with van der Waals surface area (Å²) in [7, 11) is 0. The van der Waals surface area contributed by atoms with Crippen molar-refractivity contribution in [3.63, 3.8) is 0 Å². The summed E-state index contributed by atoms with van der Waals surface area (Å²) in [6, 6.07) is 5.46. The molecule has 1 fully saturated rings. The molecular formula is C11H9ClF2O2. The number of hydrogen-bond acceptors (Lipinski definition) is 1. The molecule has 0 heterocycles. The van der Waals surface area contributed by atoms with Gasteiger partial charge >= 0.3 is 5.97 Å². The van der Waals surface area contributed by atoms with Gasteiger partial charge in [-0.05, 0) is 18.9 Å². The fourth-order valence-electron chi connectivity index (χ4n) is 1.76. The Kier molecular flexibility index (Phi) is 2.42. The second-order valence-electron chi connectivity index (χ2n) is 3.94. The van der Waals surface area contributed by atoms with Crippen LogP contribution < -0.4 is 0 Å². The summed E-state index contributed by atoms with van der Waals surface area (Å²) in [5, 5.41) is 8.77. The van der Waals surface area contributed by atoms with E-state index in [0.29, 0.717) is 0 Å². The summed E-state index contributed by atoms with van der Waals surface area (Å²) >= 11 is 5.67. The number of carboxylic acids is 1. The average molecular weight is 247 g/mol. The smallest absolute Gasteiger partial charge is 0.316 e. The van der Waals surface area contributed by atoms with Gasteiger partial charge in [0.15, 0.2) is 0 Å². The van der Waals surface area contributed by atoms with Crippen molar-refractivity contribution in [2.45, 2.75) is 18.8 Å². The molecule has 16 heavy (non-hydrogen) atoms. The number of benzene rings is 1. The Morgan fingerprint density at radius 2 is 1.94 bits per heavy atom. The molecule has 0 saturated heterocycles. The Morgan fingerprint density at radius 3 is 2.38 bits per heavy atom. The zero-order chi connectivity index (χ0) is 12.0. The van der Waals surface area contributed by atoms with Crippen molar-refractivity contribution in [3.8, 4) is 0 Å². The Bertz CT molecular complexity index is 441. The van der Waals surface area contributed by atoms with E-state index in [2.05, 4.69) is 0 Å². The highest BCUT2D eigenvalue weighted by Gasteiger charge is 2.68. The molecule has 0 aromatic heterocycles. The van der Waals surface area contributed by atoms with Gasteiger partial charge < -0.3 is 5.11 Å². The first-order valence-corrected chi connectivity index (χ1v) is 5.16. The lowest BCUT2D eigenvalue weighted by Gasteiger charge is -2.24. The highest BCUT2D eigenvalue weighted by atomic mass is 35.5. The maximum absolute atomic E-state index is 14.0. The maximum atomic E-state index is 14.0. The minimum absolute atomic E-state index is 0.0133. The number of aliphatic carboxylic acids is 1. The summed E-state index contributed by atoms with van der Waals surface area (Å²) < 4.78 is 28.1. The van der Waals surface area contributed by atoms with Crippen LogP contribution in [0.2, 0.25) is 5.02 Å². The normalized spacial score (nSPS) is 18.2. The number of rotatable bonds is 3. The number of halogens is 3. The van der Waals surface area contributed by atoms with Crippen LogP contribution in [0.25, 0.3) is 0 Å². The monoisotopic (exact) mass is 246 g/mol. The van der Waals surface area contributed by atoms with Crippen LogP contribution in [0, 0.1) is 5.41 Å². The van der Waals surface area contributed by atoms with Gasteiger partial charge in [-0.25, -0.2) is 0 Å². The molecule has 1 aliphatic carbocycles. The van der Waals surface area contributed by atoms with Crippen LogP contribution in [0.4, 0.5) is 8.78 Å². The first-order valence-electron chi connectivity index (χ1n) is 4.78. The predicted molar refractivity (Wildman–Crippen MR) is 54.6 cm³/mol. The number of hydrogen-bond donors (Lipinski definition) is 1. The molecular weight excluding hydrogens is 238 g/mol. The molecule has 1 aromatic carbocycles. The van der Waals surface area contributed by atoms with Crippen molar-refractivity contribution in [1.29, 1.82) is 0 Å². The summed E-state index contributed by atoms with van der Waals surface area (Å²) in [6.07, 6.45) is -0.0267. The van der Waals surface area contributed by atoms with E-state index < -0.39 is 22.9 Å². The fraction of sp³-hybridized carbons (Fsp3) is 0.364. The Hall–Kier alpha value is -1.16. The van der Waals surface area contributed by atoms with E-state index in [9.17, 15) is 13.6 Å². The first kappa shape index (κ1) is 11.3. The maximum Gasteiger partial charge on any atom is 0.316 e. The van der Waals surface area contributed by atoms with Crippen LogP contribution in [-0.2, 0) is 10.7 Å². The van der Waals surface area contributed by atoms with E-state index in [1.165, 1.54) is 24.3 Å². The number of carboxylic acid groups (broad SMARTS) is 1. The zero-order valence-corrected chi connectivity index (χ0v) is 8.97. The summed E-state index contributed by atoms with van der Waals surface area (Å²) in [5.74, 6) is -4.88. The molecule has 1 N–H and O–H groups in total. The minimum atomic E-state index is -3.42. The molecule has 0 atom stereocenters. The second kappa shape index (κ2) is 3.42. The lowest BCUT2D eigenvalue weighted by molar-refractivity contribution is -0.163. The lowest BCUT2D eigenvalue weighted by atomic mass is 9.91. The Morgan fingerprint density at radius 1 is 1.38 bits per heavy atom. The van der Waals surface area contributed by atoms with Crippen LogP contribution >= 0.6 is 11.6 Å². The molecule has 0 aliphatic heterocycles. The molecule has 2 nitrogen and oxygen atoms in total. The van der Waals surface area contributed by atoms with Crippen molar-refractivity contribution in [1.82, 2.24) is 0 Å². The molecule has 1 saturated carbocycles. The largest absolute Gasteiger partial charge is 0.481 e. The van der Waals surface area contributed by atoms with Crippen molar-refractivity contribution >= 4 is 17.6 Å². The average Bonchev–Trinajstić information content (AvgIpc) is 2.98. The molecule has 86 valence electrons. The SMILES string of the molecule is O=C(O)C1(C(F)(F)c2ccccc2Cl)CC1. The van der Waals surface area contributed by atoms with E-state index in [1.807, 2.05) is 0 Å². The highest BCUT2D eigenvalue weighted by Crippen LogP contribution is 2.62. The molecule has 2 rings (SSSR count). The number of alkyl halides is 2. The molecule has 0 unspecified atom stereocenters. The summed E-state index contributed by atoms with van der Waals surface area (Å²) in [6.45, 7) is 0. The van der Waals surface area contributed by atoms with Gasteiger partial charge in [-0.1, -0.05) is 29.8 Å². The Balaban J connectivity index is 2.48. The summed E-state index contributed by atoms with van der Waals surface area (Å²) in [5.41, 5.74) is -2.37. The quantitative estimate of drug-likeness (QED) is 0.889. The van der Waals surface area contributed by atoms with Crippen molar-refractivity contribution < 1.29 is 18.7 Å². The zero-order valence-electron chi connectivity index (χ0n) is 8.21. The van der Waals surface area contributed by atoms with Crippen molar-refractivity contribution in [3.05, 3.63) is 34.9 Å². The van der Waals surface area contributed by atoms with Gasteiger partial charge in [0.1, 0.15) is 5.41 Å². The third-order valence-corrected chi connectivity index (χ3v) is 3.30. The Labute approximate surface area is 95.8 Å². The second-order valence-corrected chi connectivity index (χ2v) is 4.35. The van der Waals surface area contributed by atoms with E-state index in [0.717, 1.165) is 0 Å². The van der Waals surface area contributed by atoms with Crippen LogP contribution in [0.5, 0.6) is 0 Å². The van der Waals surface area contributed by atoms with Gasteiger partial charge in [0.25, 0.3) is 5.92 Å². The molecule has 1 aliphatic rings. The van der Waals surface area contributed by atoms with Crippen LogP contribution in [0.1, 0.15) is 18.4 Å². The van der Waals surface area contributed by atoms with Crippen molar-refractivity contribution in [2.24, 2.45) is 5.41 Å². The third-order valence-electron chi connectivity index (χ3n) is 2.97. The van der Waals surface area contributed by atoms with Gasteiger partial charge in [0, 0.05) is 10.6 Å². The van der Waals surface area contributed by atoms with Crippen LogP contribution in [0.3, 0.4) is 0 Å². The van der Waals surface area contributed by atoms with Crippen LogP contribution in [0.15, 0.2) is 24.3 Å². The van der Waals surface area contributed by atoms with Gasteiger partial charge in [-0.2, -0.15) is 8.78 Å². The molecule has 0 bridgehead atoms. The summed E-state index contributed by atoms with van der Waals surface area (Å²) in [4.78, 5) is 10.9. The van der Waals surface area contributed by atoms with Crippen LogP contribution in [-0.4, -0.2) is 11.1 Å². The lowest BCUT2D eigenvalue weighted by Crippen LogP contribution is -2.34. The molecule has 0 radical (unpaired) electrons. The topological polar surface area (TPSA) is 37.3 Å². The minimum Gasteiger partial charge on any atom is -0.481 e.